The van der Waals surface area contributed by atoms with Gasteiger partial charge in [0.1, 0.15) is 0 Å². The zero-order chi connectivity index (χ0) is 20.5. The van der Waals surface area contributed by atoms with Crippen LogP contribution in [0.25, 0.3) is 11.0 Å². The normalized spacial score (nSPS) is 16.8. The first-order chi connectivity index (χ1) is 13.9. The highest BCUT2D eigenvalue weighted by Crippen LogP contribution is 2.31. The molecule has 3 aromatic rings. The quantitative estimate of drug-likeness (QED) is 0.660. The Labute approximate surface area is 172 Å². The van der Waals surface area contributed by atoms with Gasteiger partial charge in [0, 0.05) is 35.6 Å². The van der Waals surface area contributed by atoms with Crippen LogP contribution in [0.5, 0.6) is 0 Å². The number of amides is 1. The fourth-order valence-corrected chi connectivity index (χ4v) is 4.21. The Morgan fingerprint density at radius 1 is 1.10 bits per heavy atom. The summed E-state index contributed by atoms with van der Waals surface area (Å²) in [6, 6.07) is 10.6. The topological polar surface area (TPSA) is 58.1 Å². The predicted molar refractivity (Wildman–Crippen MR) is 118 cm³/mol. The SMILES string of the molecule is Cc1cc(C)cc(Nc2c(C(=O)N3CCCC[C@H]3C)cnc3nc(C)ccc23)c1. The van der Waals surface area contributed by atoms with Gasteiger partial charge in [-0.3, -0.25) is 4.79 Å². The van der Waals surface area contributed by atoms with Gasteiger partial charge in [-0.05, 0) is 82.3 Å². The molecule has 5 heteroatoms. The molecule has 0 saturated carbocycles. The van der Waals surface area contributed by atoms with Crippen molar-refractivity contribution in [1.82, 2.24) is 14.9 Å². The van der Waals surface area contributed by atoms with E-state index in [2.05, 4.69) is 54.3 Å². The van der Waals surface area contributed by atoms with Crippen LogP contribution in [0.4, 0.5) is 11.4 Å². The number of aromatic nitrogens is 2. The van der Waals surface area contributed by atoms with Crippen LogP contribution in [-0.4, -0.2) is 33.4 Å². The number of pyridine rings is 2. The molecule has 0 bridgehead atoms. The molecule has 5 nitrogen and oxygen atoms in total. The Balaban J connectivity index is 1.84. The van der Waals surface area contributed by atoms with Crippen molar-refractivity contribution in [3.8, 4) is 0 Å². The lowest BCUT2D eigenvalue weighted by Gasteiger charge is -2.34. The first-order valence-corrected chi connectivity index (χ1v) is 10.3. The van der Waals surface area contributed by atoms with Gasteiger partial charge in [0.2, 0.25) is 0 Å². The van der Waals surface area contributed by atoms with Crippen molar-refractivity contribution in [3.63, 3.8) is 0 Å². The molecular weight excluding hydrogens is 360 g/mol. The van der Waals surface area contributed by atoms with E-state index in [0.717, 1.165) is 41.8 Å². The molecule has 1 aliphatic rings. The van der Waals surface area contributed by atoms with E-state index in [9.17, 15) is 4.79 Å². The number of hydrogen-bond donors (Lipinski definition) is 1. The lowest BCUT2D eigenvalue weighted by molar-refractivity contribution is 0.0636. The number of rotatable bonds is 3. The maximum atomic E-state index is 13.5. The molecule has 3 heterocycles. The summed E-state index contributed by atoms with van der Waals surface area (Å²) in [6.45, 7) is 9.04. The Bertz CT molecular complexity index is 1060. The second kappa shape index (κ2) is 7.82. The van der Waals surface area contributed by atoms with Gasteiger partial charge in [-0.1, -0.05) is 6.07 Å². The molecule has 1 atom stereocenters. The molecule has 0 unspecified atom stereocenters. The minimum absolute atomic E-state index is 0.0408. The molecule has 4 rings (SSSR count). The molecule has 1 fully saturated rings. The van der Waals surface area contributed by atoms with Gasteiger partial charge in [0.15, 0.2) is 5.65 Å². The third-order valence-corrected chi connectivity index (χ3v) is 5.65. The highest BCUT2D eigenvalue weighted by atomic mass is 16.2. The first kappa shape index (κ1) is 19.4. The van der Waals surface area contributed by atoms with Crippen LogP contribution in [0.2, 0.25) is 0 Å². The summed E-state index contributed by atoms with van der Waals surface area (Å²) in [7, 11) is 0. The number of anilines is 2. The van der Waals surface area contributed by atoms with Crippen molar-refractivity contribution in [2.45, 2.75) is 53.0 Å². The van der Waals surface area contributed by atoms with Crippen molar-refractivity contribution in [2.24, 2.45) is 0 Å². The molecule has 1 amide bonds. The third kappa shape index (κ3) is 3.95. The number of fused-ring (bicyclic) bond motifs is 1. The summed E-state index contributed by atoms with van der Waals surface area (Å²) in [4.78, 5) is 24.6. The third-order valence-electron chi connectivity index (χ3n) is 5.65. The van der Waals surface area contributed by atoms with E-state index in [1.165, 1.54) is 17.5 Å². The Morgan fingerprint density at radius 3 is 2.59 bits per heavy atom. The van der Waals surface area contributed by atoms with Crippen LogP contribution in [0.15, 0.2) is 36.5 Å². The smallest absolute Gasteiger partial charge is 0.257 e. The summed E-state index contributed by atoms with van der Waals surface area (Å²) in [6.07, 6.45) is 4.96. The van der Waals surface area contributed by atoms with Gasteiger partial charge in [-0.25, -0.2) is 9.97 Å². The number of carbonyl (C=O) groups excluding carboxylic acids is 1. The second-order valence-corrected chi connectivity index (χ2v) is 8.22. The van der Waals surface area contributed by atoms with Gasteiger partial charge >= 0.3 is 0 Å². The summed E-state index contributed by atoms with van der Waals surface area (Å²) in [5.41, 5.74) is 6.28. The second-order valence-electron chi connectivity index (χ2n) is 8.22. The van der Waals surface area contributed by atoms with Crippen LogP contribution in [-0.2, 0) is 0 Å². The lowest BCUT2D eigenvalue weighted by Crippen LogP contribution is -2.42. The molecule has 1 aromatic carbocycles. The van der Waals surface area contributed by atoms with E-state index >= 15 is 0 Å². The van der Waals surface area contributed by atoms with E-state index in [1.54, 1.807) is 6.20 Å². The predicted octanol–water partition coefficient (Wildman–Crippen LogP) is 5.31. The van der Waals surface area contributed by atoms with Crippen molar-refractivity contribution in [2.75, 3.05) is 11.9 Å². The summed E-state index contributed by atoms with van der Waals surface area (Å²) >= 11 is 0. The Morgan fingerprint density at radius 2 is 1.86 bits per heavy atom. The Kier molecular flexibility index (Phi) is 5.22. The lowest BCUT2D eigenvalue weighted by atomic mass is 10.0. The van der Waals surface area contributed by atoms with Crippen LogP contribution in [0.3, 0.4) is 0 Å². The monoisotopic (exact) mass is 388 g/mol. The van der Waals surface area contributed by atoms with Crippen LogP contribution < -0.4 is 5.32 Å². The van der Waals surface area contributed by atoms with Crippen molar-refractivity contribution >= 4 is 28.3 Å². The van der Waals surface area contributed by atoms with E-state index in [0.29, 0.717) is 11.2 Å². The van der Waals surface area contributed by atoms with E-state index < -0.39 is 0 Å². The fourth-order valence-electron chi connectivity index (χ4n) is 4.21. The number of nitrogens with zero attached hydrogens (tertiary/aromatic N) is 3. The largest absolute Gasteiger partial charge is 0.354 e. The number of likely N-dealkylation sites (tertiary alicyclic amines) is 1. The maximum Gasteiger partial charge on any atom is 0.257 e. The van der Waals surface area contributed by atoms with E-state index in [-0.39, 0.29) is 11.9 Å². The molecule has 29 heavy (non-hydrogen) atoms. The number of nitrogens with one attached hydrogen (secondary N) is 1. The molecule has 0 radical (unpaired) electrons. The summed E-state index contributed by atoms with van der Waals surface area (Å²) in [5, 5.41) is 4.39. The van der Waals surface area contributed by atoms with Crippen molar-refractivity contribution in [1.29, 1.82) is 0 Å². The number of benzene rings is 1. The summed E-state index contributed by atoms with van der Waals surface area (Å²) < 4.78 is 0. The zero-order valence-corrected chi connectivity index (χ0v) is 17.6. The Hall–Kier alpha value is -2.95. The number of aryl methyl sites for hydroxylation is 3. The molecule has 150 valence electrons. The number of hydrogen-bond acceptors (Lipinski definition) is 4. The maximum absolute atomic E-state index is 13.5. The average molecular weight is 389 g/mol. The van der Waals surface area contributed by atoms with Crippen LogP contribution >= 0.6 is 0 Å². The first-order valence-electron chi connectivity index (χ1n) is 10.3. The summed E-state index contributed by atoms with van der Waals surface area (Å²) in [5.74, 6) is 0.0408. The van der Waals surface area contributed by atoms with Gasteiger partial charge < -0.3 is 10.2 Å². The van der Waals surface area contributed by atoms with Crippen LogP contribution in [0, 0.1) is 20.8 Å². The fraction of sp³-hybridized carbons (Fsp3) is 0.375. The highest BCUT2D eigenvalue weighted by molar-refractivity contribution is 6.07. The molecule has 1 aliphatic heterocycles. The minimum Gasteiger partial charge on any atom is -0.354 e. The van der Waals surface area contributed by atoms with E-state index in [1.807, 2.05) is 24.0 Å². The van der Waals surface area contributed by atoms with Gasteiger partial charge in [0.25, 0.3) is 5.91 Å². The number of piperidine rings is 1. The molecule has 1 saturated heterocycles. The molecule has 0 aliphatic carbocycles. The molecule has 0 spiro atoms. The molecular formula is C24H28N4O. The van der Waals surface area contributed by atoms with Gasteiger partial charge in [-0.2, -0.15) is 0 Å². The molecule has 2 aromatic heterocycles. The molecule has 1 N–H and O–H groups in total. The van der Waals surface area contributed by atoms with Gasteiger partial charge in [-0.15, -0.1) is 0 Å². The van der Waals surface area contributed by atoms with Gasteiger partial charge in [0.05, 0.1) is 11.3 Å². The standard InChI is InChI=1S/C24H28N4O/c1-15-11-16(2)13-19(12-15)27-22-20-9-8-17(3)26-23(20)25-14-21(22)24(29)28-10-6-5-7-18(28)4/h8-9,11-14,18H,5-7,10H2,1-4H3,(H,25,26,27)/t18-/m1/s1. The zero-order valence-electron chi connectivity index (χ0n) is 17.6. The van der Waals surface area contributed by atoms with E-state index in [4.69, 9.17) is 0 Å². The van der Waals surface area contributed by atoms with Crippen LogP contribution in [0.1, 0.15) is 53.4 Å². The van der Waals surface area contributed by atoms with Crippen molar-refractivity contribution < 1.29 is 4.79 Å². The minimum atomic E-state index is 0.0408. The number of carbonyl (C=O) groups is 1. The highest BCUT2D eigenvalue weighted by Gasteiger charge is 2.27. The van der Waals surface area contributed by atoms with Crippen molar-refractivity contribution in [3.05, 3.63) is 58.9 Å². The average Bonchev–Trinajstić information content (AvgIpc) is 2.67.